The van der Waals surface area contributed by atoms with E-state index in [1.807, 2.05) is 0 Å². The molecule has 0 atom stereocenters. The summed E-state index contributed by atoms with van der Waals surface area (Å²) in [5.41, 5.74) is -1.07. The third-order valence-electron chi connectivity index (χ3n) is 3.64. The minimum Gasteiger partial charge on any atom is -0.478 e. The lowest BCUT2D eigenvalue weighted by Crippen LogP contribution is -2.32. The highest BCUT2D eigenvalue weighted by Gasteiger charge is 2.36. The number of fused-ring (bicyclic) bond motifs is 1. The number of rotatable bonds is 3. The smallest absolute Gasteiger partial charge is 0.478 e. The van der Waals surface area contributed by atoms with Crippen LogP contribution in [0, 0.1) is 5.82 Å². The van der Waals surface area contributed by atoms with Crippen LogP contribution in [-0.2, 0) is 9.53 Å². The van der Waals surface area contributed by atoms with Gasteiger partial charge in [-0.2, -0.15) is 0 Å². The van der Waals surface area contributed by atoms with E-state index in [2.05, 4.69) is 14.8 Å². The summed E-state index contributed by atoms with van der Waals surface area (Å²) >= 11 is 0. The number of alkyl halides is 2. The van der Waals surface area contributed by atoms with Gasteiger partial charge >= 0.3 is 12.3 Å². The van der Waals surface area contributed by atoms with E-state index in [0.29, 0.717) is 0 Å². The second-order valence-electron chi connectivity index (χ2n) is 5.49. The summed E-state index contributed by atoms with van der Waals surface area (Å²) in [6.45, 7) is -0.812. The molecule has 1 aliphatic heterocycles. The number of halogens is 3. The van der Waals surface area contributed by atoms with Crippen molar-refractivity contribution in [1.29, 1.82) is 0 Å². The first kappa shape index (κ1) is 18.5. The number of aromatic carboxylic acids is 1. The van der Waals surface area contributed by atoms with E-state index in [9.17, 15) is 22.8 Å². The number of hydrogen-bond acceptors (Lipinski definition) is 4. The van der Waals surface area contributed by atoms with Crippen LogP contribution >= 0.6 is 0 Å². The van der Waals surface area contributed by atoms with Gasteiger partial charge in [0.1, 0.15) is 5.75 Å². The predicted molar refractivity (Wildman–Crippen MR) is 87.9 cm³/mol. The van der Waals surface area contributed by atoms with Crippen molar-refractivity contribution in [3.05, 3.63) is 65.0 Å². The first-order valence-corrected chi connectivity index (χ1v) is 7.60. The third-order valence-corrected chi connectivity index (χ3v) is 3.64. The molecule has 0 aromatic heterocycles. The molecule has 3 rings (SSSR count). The predicted octanol–water partition coefficient (Wildman–Crippen LogP) is 3.51. The molecule has 0 unspecified atom stereocenters. The molecule has 2 aromatic rings. The van der Waals surface area contributed by atoms with Crippen molar-refractivity contribution in [1.82, 2.24) is 0 Å². The molecule has 0 saturated carbocycles. The highest BCUT2D eigenvalue weighted by Crippen LogP contribution is 2.31. The number of hydrogen-bond donors (Lipinski definition) is 2. The fourth-order valence-corrected chi connectivity index (χ4v) is 2.37. The average molecular weight is 379 g/mol. The molecule has 0 radical (unpaired) electrons. The lowest BCUT2D eigenvalue weighted by Gasteiger charge is -2.22. The van der Waals surface area contributed by atoms with Gasteiger partial charge in [-0.25, -0.2) is 9.18 Å². The SMILES string of the molecule is O=C(Nc1cccc(C(=O)O)c1F)/C1=C/c2ccccc2OC(F)(F)OC1. The third kappa shape index (κ3) is 4.09. The van der Waals surface area contributed by atoms with Crippen LogP contribution in [-0.4, -0.2) is 29.9 Å². The van der Waals surface area contributed by atoms with E-state index >= 15 is 0 Å². The van der Waals surface area contributed by atoms with Gasteiger partial charge in [-0.1, -0.05) is 24.3 Å². The van der Waals surface area contributed by atoms with Gasteiger partial charge in [-0.15, -0.1) is 8.78 Å². The molecule has 2 N–H and O–H groups in total. The molecule has 27 heavy (non-hydrogen) atoms. The van der Waals surface area contributed by atoms with Crippen LogP contribution in [0.5, 0.6) is 5.75 Å². The normalized spacial score (nSPS) is 17.4. The van der Waals surface area contributed by atoms with Crippen LogP contribution in [0.1, 0.15) is 15.9 Å². The van der Waals surface area contributed by atoms with Gasteiger partial charge < -0.3 is 15.2 Å². The number of anilines is 1. The van der Waals surface area contributed by atoms with Crippen LogP contribution in [0.25, 0.3) is 6.08 Å². The average Bonchev–Trinajstić information content (AvgIpc) is 2.59. The summed E-state index contributed by atoms with van der Waals surface area (Å²) in [7, 11) is 0. The summed E-state index contributed by atoms with van der Waals surface area (Å²) in [6.07, 6.45) is -2.71. The summed E-state index contributed by atoms with van der Waals surface area (Å²) in [5.74, 6) is -3.79. The van der Waals surface area contributed by atoms with Crippen molar-refractivity contribution in [2.75, 3.05) is 11.9 Å². The van der Waals surface area contributed by atoms with Gasteiger partial charge in [0.2, 0.25) is 0 Å². The topological polar surface area (TPSA) is 84.9 Å². The Balaban J connectivity index is 1.93. The lowest BCUT2D eigenvalue weighted by molar-refractivity contribution is -0.350. The highest BCUT2D eigenvalue weighted by atomic mass is 19.3. The number of carboxylic acids is 1. The highest BCUT2D eigenvalue weighted by molar-refractivity contribution is 6.07. The number of carbonyl (C=O) groups is 2. The Hall–Kier alpha value is -3.33. The Morgan fingerprint density at radius 2 is 1.85 bits per heavy atom. The van der Waals surface area contributed by atoms with Gasteiger partial charge in [0.15, 0.2) is 5.82 Å². The lowest BCUT2D eigenvalue weighted by atomic mass is 10.1. The first-order chi connectivity index (χ1) is 12.8. The summed E-state index contributed by atoms with van der Waals surface area (Å²) in [4.78, 5) is 23.4. The summed E-state index contributed by atoms with van der Waals surface area (Å²) in [6, 6.07) is 9.18. The largest absolute Gasteiger partial charge is 0.535 e. The minimum absolute atomic E-state index is 0.199. The second-order valence-corrected chi connectivity index (χ2v) is 5.49. The first-order valence-electron chi connectivity index (χ1n) is 7.60. The van der Waals surface area contributed by atoms with Crippen LogP contribution in [0.15, 0.2) is 48.0 Å². The van der Waals surface area contributed by atoms with Crippen LogP contribution in [0.4, 0.5) is 18.9 Å². The summed E-state index contributed by atoms with van der Waals surface area (Å²) in [5, 5.41) is 11.1. The van der Waals surface area contributed by atoms with E-state index < -0.39 is 41.8 Å². The fraction of sp³-hybridized carbons (Fsp3) is 0.111. The molecule has 0 spiro atoms. The monoisotopic (exact) mass is 379 g/mol. The van der Waals surface area contributed by atoms with Gasteiger partial charge in [-0.3, -0.25) is 9.53 Å². The maximum atomic E-state index is 14.2. The Labute approximate surface area is 150 Å². The molecule has 1 amide bonds. The number of benzene rings is 2. The minimum atomic E-state index is -3.97. The maximum Gasteiger partial charge on any atom is 0.535 e. The van der Waals surface area contributed by atoms with E-state index in [4.69, 9.17) is 5.11 Å². The molecule has 2 aromatic carbocycles. The van der Waals surface area contributed by atoms with Crippen LogP contribution < -0.4 is 10.1 Å². The molecule has 140 valence electrons. The fourth-order valence-electron chi connectivity index (χ4n) is 2.37. The van der Waals surface area contributed by atoms with Crippen molar-refractivity contribution in [3.8, 4) is 5.75 Å². The van der Waals surface area contributed by atoms with E-state index in [-0.39, 0.29) is 16.9 Å². The molecular weight excluding hydrogens is 367 g/mol. The quantitative estimate of drug-likeness (QED) is 0.853. The zero-order valence-corrected chi connectivity index (χ0v) is 13.5. The number of ether oxygens (including phenoxy) is 2. The summed E-state index contributed by atoms with van der Waals surface area (Å²) < 4.78 is 50.3. The Morgan fingerprint density at radius 1 is 1.11 bits per heavy atom. The van der Waals surface area contributed by atoms with Crippen molar-refractivity contribution < 1.29 is 37.3 Å². The molecule has 9 heteroatoms. The maximum absolute atomic E-state index is 14.2. The molecule has 1 heterocycles. The molecule has 0 saturated heterocycles. The molecule has 0 fully saturated rings. The van der Waals surface area contributed by atoms with Crippen molar-refractivity contribution in [3.63, 3.8) is 0 Å². The number of nitrogens with one attached hydrogen (secondary N) is 1. The van der Waals surface area contributed by atoms with Gasteiger partial charge in [0, 0.05) is 11.1 Å². The zero-order chi connectivity index (χ0) is 19.6. The van der Waals surface area contributed by atoms with Crippen molar-refractivity contribution in [2.24, 2.45) is 0 Å². The van der Waals surface area contributed by atoms with Crippen molar-refractivity contribution >= 4 is 23.6 Å². The van der Waals surface area contributed by atoms with Crippen LogP contribution in [0.2, 0.25) is 0 Å². The number of para-hydroxylation sites is 1. The van der Waals surface area contributed by atoms with Gasteiger partial charge in [0.25, 0.3) is 5.91 Å². The molecule has 1 aliphatic rings. The number of carbonyl (C=O) groups excluding carboxylic acids is 1. The van der Waals surface area contributed by atoms with Gasteiger partial charge in [0.05, 0.1) is 17.9 Å². The standard InChI is InChI=1S/C18H12F3NO5/c19-15-12(17(24)25)5-3-6-13(15)22-16(23)11-8-10-4-1-2-7-14(10)27-18(20,21)26-9-11/h1-8H,9H2,(H,22,23)(H,24,25)/b11-8+. The van der Waals surface area contributed by atoms with Crippen molar-refractivity contribution in [2.45, 2.75) is 6.29 Å². The van der Waals surface area contributed by atoms with E-state index in [1.54, 1.807) is 6.07 Å². The molecule has 6 nitrogen and oxygen atoms in total. The Morgan fingerprint density at radius 3 is 2.59 bits per heavy atom. The molecule has 0 aliphatic carbocycles. The van der Waals surface area contributed by atoms with E-state index in [1.165, 1.54) is 30.3 Å². The zero-order valence-electron chi connectivity index (χ0n) is 13.5. The Kier molecular flexibility index (Phi) is 4.87. The second kappa shape index (κ2) is 7.12. The Bertz CT molecular complexity index is 942. The van der Waals surface area contributed by atoms with Crippen LogP contribution in [0.3, 0.4) is 0 Å². The van der Waals surface area contributed by atoms with Gasteiger partial charge in [-0.05, 0) is 24.3 Å². The molecular formula is C18H12F3NO5. The van der Waals surface area contributed by atoms with E-state index in [0.717, 1.165) is 12.1 Å². The molecule has 0 bridgehead atoms. The number of amides is 1. The number of carboxylic acid groups (broad SMARTS) is 1.